The van der Waals surface area contributed by atoms with Gasteiger partial charge in [0.2, 0.25) is 0 Å². The summed E-state index contributed by atoms with van der Waals surface area (Å²) < 4.78 is 4.08. The van der Waals surface area contributed by atoms with E-state index in [-0.39, 0.29) is 6.61 Å². The number of nitrogen functional groups attached to an aromatic ring is 1. The summed E-state index contributed by atoms with van der Waals surface area (Å²) in [6.45, 7) is 2.74. The number of para-hydroxylation sites is 2. The first-order valence-corrected chi connectivity index (χ1v) is 10.7. The molecule has 1 aliphatic heterocycles. The van der Waals surface area contributed by atoms with Crippen molar-refractivity contribution in [2.24, 2.45) is 0 Å². The van der Waals surface area contributed by atoms with Crippen LogP contribution < -0.4 is 11.1 Å². The molecule has 0 bridgehead atoms. The van der Waals surface area contributed by atoms with Crippen LogP contribution in [0, 0.1) is 0 Å². The van der Waals surface area contributed by atoms with Crippen LogP contribution in [0.15, 0.2) is 42.9 Å². The molecule has 4 aromatic rings. The van der Waals surface area contributed by atoms with E-state index in [1.807, 2.05) is 45.9 Å². The van der Waals surface area contributed by atoms with Gasteiger partial charge >= 0.3 is 0 Å². The molecule has 0 amide bonds. The van der Waals surface area contributed by atoms with Crippen molar-refractivity contribution in [2.75, 3.05) is 25.4 Å². The monoisotopic (exact) mass is 418 g/mol. The minimum absolute atomic E-state index is 0.100. The van der Waals surface area contributed by atoms with E-state index in [4.69, 9.17) is 15.7 Å². The molecule has 1 aliphatic rings. The van der Waals surface area contributed by atoms with Crippen molar-refractivity contribution < 1.29 is 5.11 Å². The highest BCUT2D eigenvalue weighted by Crippen LogP contribution is 2.29. The summed E-state index contributed by atoms with van der Waals surface area (Å²) in [5.74, 6) is 0.988. The Morgan fingerprint density at radius 3 is 2.81 bits per heavy atom. The average molecular weight is 419 g/mol. The number of aryl methyl sites for hydroxylation is 1. The van der Waals surface area contributed by atoms with Gasteiger partial charge in [-0.1, -0.05) is 12.1 Å². The quantitative estimate of drug-likeness (QED) is 0.439. The molecule has 0 atom stereocenters. The topological polar surface area (TPSA) is 120 Å². The number of benzene rings is 1. The molecule has 4 heterocycles. The van der Waals surface area contributed by atoms with Gasteiger partial charge in [0, 0.05) is 24.9 Å². The van der Waals surface area contributed by atoms with Crippen molar-refractivity contribution in [3.63, 3.8) is 0 Å². The first-order chi connectivity index (χ1) is 15.2. The van der Waals surface area contributed by atoms with Gasteiger partial charge in [-0.05, 0) is 44.5 Å². The summed E-state index contributed by atoms with van der Waals surface area (Å²) in [6.07, 6.45) is 8.30. The van der Waals surface area contributed by atoms with Gasteiger partial charge < -0.3 is 20.7 Å². The molecule has 4 N–H and O–H groups in total. The molecular formula is C22H26N8O. The summed E-state index contributed by atoms with van der Waals surface area (Å²) in [4.78, 5) is 14.0. The number of aromatic nitrogens is 6. The molecule has 0 saturated carbocycles. The fourth-order valence-electron chi connectivity index (χ4n) is 4.15. The maximum absolute atomic E-state index is 9.36. The van der Waals surface area contributed by atoms with Crippen LogP contribution in [0.1, 0.15) is 25.3 Å². The lowest BCUT2D eigenvalue weighted by atomic mass is 10.1. The van der Waals surface area contributed by atoms with E-state index in [0.29, 0.717) is 42.0 Å². The van der Waals surface area contributed by atoms with Crippen LogP contribution in [0.25, 0.3) is 33.8 Å². The summed E-state index contributed by atoms with van der Waals surface area (Å²) in [7, 11) is 0. The number of nitrogens with one attached hydrogen (secondary N) is 1. The summed E-state index contributed by atoms with van der Waals surface area (Å²) in [6, 6.07) is 8.31. The standard InChI is InChI=1S/C22H26N8O/c23-21-20(22-28-17-4-1-2-5-19(17)29(22)10-3-11-31)27-18(13-25-21)15-12-26-30(14-15)16-6-8-24-9-7-16/h1-2,4-5,12-14,16,24,31H,3,6-11H2,(H2,23,25). The molecule has 9 heteroatoms. The van der Waals surface area contributed by atoms with Crippen LogP contribution in [0.5, 0.6) is 0 Å². The largest absolute Gasteiger partial charge is 0.396 e. The Labute approximate surface area is 180 Å². The van der Waals surface area contributed by atoms with Gasteiger partial charge in [0.05, 0.1) is 35.2 Å². The smallest absolute Gasteiger partial charge is 0.163 e. The van der Waals surface area contributed by atoms with Gasteiger partial charge in [-0.15, -0.1) is 0 Å². The van der Waals surface area contributed by atoms with Crippen molar-refractivity contribution >= 4 is 16.9 Å². The lowest BCUT2D eigenvalue weighted by Gasteiger charge is -2.22. The van der Waals surface area contributed by atoms with E-state index < -0.39 is 0 Å². The van der Waals surface area contributed by atoms with Gasteiger partial charge in [-0.25, -0.2) is 15.0 Å². The number of imidazole rings is 1. The highest BCUT2D eigenvalue weighted by Gasteiger charge is 2.20. The number of fused-ring (bicyclic) bond motifs is 1. The summed E-state index contributed by atoms with van der Waals surface area (Å²) in [5.41, 5.74) is 10.2. The fraction of sp³-hybridized carbons (Fsp3) is 0.364. The van der Waals surface area contributed by atoms with Crippen LogP contribution in [0.3, 0.4) is 0 Å². The molecule has 0 spiro atoms. The number of nitrogens with zero attached hydrogens (tertiary/aromatic N) is 6. The van der Waals surface area contributed by atoms with E-state index in [1.54, 1.807) is 6.20 Å². The van der Waals surface area contributed by atoms with Crippen molar-refractivity contribution in [1.82, 2.24) is 34.6 Å². The molecule has 0 radical (unpaired) electrons. The number of hydrogen-bond donors (Lipinski definition) is 3. The molecular weight excluding hydrogens is 392 g/mol. The SMILES string of the molecule is Nc1ncc(-c2cnn(C3CCNCC3)c2)nc1-c1nc2ccccc2n1CCCO. The van der Waals surface area contributed by atoms with Crippen molar-refractivity contribution in [1.29, 1.82) is 0 Å². The normalized spacial score (nSPS) is 15.0. The summed E-state index contributed by atoms with van der Waals surface area (Å²) in [5, 5.41) is 17.3. The predicted molar refractivity (Wildman–Crippen MR) is 119 cm³/mol. The maximum atomic E-state index is 9.36. The van der Waals surface area contributed by atoms with E-state index in [2.05, 4.69) is 15.4 Å². The van der Waals surface area contributed by atoms with Gasteiger partial charge in [0.25, 0.3) is 0 Å². The number of hydrogen-bond acceptors (Lipinski definition) is 7. The highest BCUT2D eigenvalue weighted by molar-refractivity contribution is 5.82. The number of anilines is 1. The molecule has 1 fully saturated rings. The second kappa shape index (κ2) is 8.44. The second-order valence-corrected chi connectivity index (χ2v) is 7.83. The van der Waals surface area contributed by atoms with Crippen molar-refractivity contribution in [3.8, 4) is 22.8 Å². The number of piperidine rings is 1. The maximum Gasteiger partial charge on any atom is 0.163 e. The average Bonchev–Trinajstić information content (AvgIpc) is 3.44. The third-order valence-corrected chi connectivity index (χ3v) is 5.79. The van der Waals surface area contributed by atoms with Crippen LogP contribution in [-0.4, -0.2) is 54.1 Å². The first-order valence-electron chi connectivity index (χ1n) is 10.7. The number of aliphatic hydroxyl groups is 1. The van der Waals surface area contributed by atoms with Crippen LogP contribution in [0.2, 0.25) is 0 Å². The molecule has 0 unspecified atom stereocenters. The second-order valence-electron chi connectivity index (χ2n) is 7.83. The number of rotatable bonds is 6. The van der Waals surface area contributed by atoms with Crippen molar-refractivity contribution in [2.45, 2.75) is 31.8 Å². The first kappa shape index (κ1) is 19.7. The predicted octanol–water partition coefficient (Wildman–Crippen LogP) is 2.25. The zero-order valence-corrected chi connectivity index (χ0v) is 17.3. The Balaban J connectivity index is 1.55. The molecule has 5 rings (SSSR count). The van der Waals surface area contributed by atoms with Crippen LogP contribution in [-0.2, 0) is 6.54 Å². The third-order valence-electron chi connectivity index (χ3n) is 5.79. The molecule has 1 saturated heterocycles. The van der Waals surface area contributed by atoms with Gasteiger partial charge in [0.15, 0.2) is 11.6 Å². The number of nitrogens with two attached hydrogens (primary N) is 1. The Hall–Kier alpha value is -3.30. The minimum atomic E-state index is 0.100. The number of aliphatic hydroxyl groups excluding tert-OH is 1. The third kappa shape index (κ3) is 3.77. The molecule has 9 nitrogen and oxygen atoms in total. The highest BCUT2D eigenvalue weighted by atomic mass is 16.3. The van der Waals surface area contributed by atoms with E-state index in [1.165, 1.54) is 0 Å². The minimum Gasteiger partial charge on any atom is -0.396 e. The lowest BCUT2D eigenvalue weighted by Crippen LogP contribution is -2.29. The zero-order valence-electron chi connectivity index (χ0n) is 17.3. The summed E-state index contributed by atoms with van der Waals surface area (Å²) >= 11 is 0. The van der Waals surface area contributed by atoms with Gasteiger partial charge in [0.1, 0.15) is 5.69 Å². The van der Waals surface area contributed by atoms with Gasteiger partial charge in [-0.3, -0.25) is 4.68 Å². The zero-order chi connectivity index (χ0) is 21.2. The Bertz CT molecular complexity index is 1190. The lowest BCUT2D eigenvalue weighted by molar-refractivity contribution is 0.281. The molecule has 1 aromatic carbocycles. The van der Waals surface area contributed by atoms with Crippen LogP contribution >= 0.6 is 0 Å². The van der Waals surface area contributed by atoms with Crippen molar-refractivity contribution in [3.05, 3.63) is 42.9 Å². The van der Waals surface area contributed by atoms with E-state index >= 15 is 0 Å². The van der Waals surface area contributed by atoms with E-state index in [0.717, 1.165) is 42.5 Å². The fourth-order valence-corrected chi connectivity index (χ4v) is 4.15. The Morgan fingerprint density at radius 1 is 1.13 bits per heavy atom. The van der Waals surface area contributed by atoms with E-state index in [9.17, 15) is 5.11 Å². The molecule has 160 valence electrons. The molecule has 3 aromatic heterocycles. The van der Waals surface area contributed by atoms with Crippen LogP contribution in [0.4, 0.5) is 5.82 Å². The van der Waals surface area contributed by atoms with Gasteiger partial charge in [-0.2, -0.15) is 5.10 Å². The molecule has 0 aliphatic carbocycles. The molecule has 31 heavy (non-hydrogen) atoms. The Kier molecular flexibility index (Phi) is 5.35. The Morgan fingerprint density at radius 2 is 1.97 bits per heavy atom.